The number of anilines is 4. The summed E-state index contributed by atoms with van der Waals surface area (Å²) in [6.45, 7) is 6.10. The standard InChI is InChI=1S/C30H32B2N8O3/c1-5-25(41)34-20-17-21(23(42-4)18-22(20)39-13-15-43-16-14-39)35-30-33-12-11-24(36-30)40-29(32)26(28(31)38(2)3)27(37-40)19-9-7-6-8-10-19/h5-12,17-18,28H,1,13-16H2,2-4H3,(H,34,41)(H,33,35,36). The molecule has 2 aromatic heterocycles. The summed E-state index contributed by atoms with van der Waals surface area (Å²) < 4.78 is 12.8. The molecule has 216 valence electrons. The number of methoxy groups -OCH3 is 1. The second kappa shape index (κ2) is 13.1. The van der Waals surface area contributed by atoms with Crippen LogP contribution in [0.1, 0.15) is 11.5 Å². The molecule has 2 aromatic carbocycles. The van der Waals surface area contributed by atoms with Crippen LogP contribution in [0.15, 0.2) is 67.4 Å². The monoisotopic (exact) mass is 574 g/mol. The van der Waals surface area contributed by atoms with Gasteiger partial charge >= 0.3 is 0 Å². The third-order valence-electron chi connectivity index (χ3n) is 7.08. The highest BCUT2D eigenvalue weighted by Crippen LogP contribution is 2.38. The lowest BCUT2D eigenvalue weighted by Crippen LogP contribution is -2.36. The van der Waals surface area contributed by atoms with Gasteiger partial charge in [0.05, 0.1) is 50.9 Å². The van der Waals surface area contributed by atoms with Gasteiger partial charge in [0.25, 0.3) is 0 Å². The van der Waals surface area contributed by atoms with Crippen LogP contribution in [0, 0.1) is 0 Å². The fourth-order valence-corrected chi connectivity index (χ4v) is 4.81. The van der Waals surface area contributed by atoms with Crippen LogP contribution in [-0.4, -0.2) is 93.8 Å². The van der Waals surface area contributed by atoms with E-state index in [0.29, 0.717) is 66.1 Å². The highest BCUT2D eigenvalue weighted by atomic mass is 16.5. The van der Waals surface area contributed by atoms with Gasteiger partial charge in [-0.05, 0) is 43.3 Å². The van der Waals surface area contributed by atoms with E-state index in [1.807, 2.05) is 55.4 Å². The van der Waals surface area contributed by atoms with Crippen molar-refractivity contribution < 1.29 is 14.3 Å². The molecule has 0 aliphatic carbocycles. The molecule has 3 heterocycles. The van der Waals surface area contributed by atoms with Gasteiger partial charge in [0, 0.05) is 37.0 Å². The number of ether oxygens (including phenoxy) is 2. The molecule has 0 bridgehead atoms. The van der Waals surface area contributed by atoms with E-state index in [0.717, 1.165) is 11.3 Å². The minimum atomic E-state index is -0.498. The molecule has 1 aliphatic rings. The van der Waals surface area contributed by atoms with E-state index in [1.54, 1.807) is 30.1 Å². The first-order valence-corrected chi connectivity index (χ1v) is 13.7. The van der Waals surface area contributed by atoms with Crippen LogP contribution < -0.4 is 25.9 Å². The number of nitrogens with one attached hydrogen (secondary N) is 2. The van der Waals surface area contributed by atoms with Gasteiger partial charge in [-0.3, -0.25) is 4.79 Å². The number of carbonyl (C=O) groups is 1. The number of carbonyl (C=O) groups excluding carboxylic acids is 1. The van der Waals surface area contributed by atoms with E-state index in [1.165, 1.54) is 6.08 Å². The van der Waals surface area contributed by atoms with Crippen LogP contribution in [0.5, 0.6) is 5.75 Å². The van der Waals surface area contributed by atoms with Crippen molar-refractivity contribution in [1.29, 1.82) is 0 Å². The SMILES string of the molecule is [B]c1c(C([B])N(C)C)c(-c2ccccc2)nn1-c1ccnc(Nc2cc(NC(=O)C=C)c(N3CCOCC3)cc2OC)n1. The van der Waals surface area contributed by atoms with Gasteiger partial charge in [-0.2, -0.15) is 10.1 Å². The van der Waals surface area contributed by atoms with Crippen LogP contribution in [0.4, 0.5) is 23.0 Å². The first kappa shape index (κ1) is 29.9. The third kappa shape index (κ3) is 6.42. The number of hydrogen-bond acceptors (Lipinski definition) is 9. The Labute approximate surface area is 253 Å². The zero-order chi connectivity index (χ0) is 30.5. The predicted molar refractivity (Wildman–Crippen MR) is 170 cm³/mol. The fourth-order valence-electron chi connectivity index (χ4n) is 4.81. The van der Waals surface area contributed by atoms with Crippen LogP contribution in [0.3, 0.4) is 0 Å². The fraction of sp³-hybridized carbons (Fsp3) is 0.267. The number of nitrogens with zero attached hydrogens (tertiary/aromatic N) is 6. The maximum absolute atomic E-state index is 12.3. The Balaban J connectivity index is 1.53. The van der Waals surface area contributed by atoms with Gasteiger partial charge in [0.1, 0.15) is 13.6 Å². The average Bonchev–Trinajstić information content (AvgIpc) is 3.38. The zero-order valence-corrected chi connectivity index (χ0v) is 24.4. The summed E-state index contributed by atoms with van der Waals surface area (Å²) in [7, 11) is 18.5. The zero-order valence-electron chi connectivity index (χ0n) is 24.4. The van der Waals surface area contributed by atoms with Crippen LogP contribution in [0.25, 0.3) is 17.1 Å². The van der Waals surface area contributed by atoms with Gasteiger partial charge in [-0.1, -0.05) is 36.9 Å². The van der Waals surface area contributed by atoms with Crippen molar-refractivity contribution in [2.75, 3.05) is 63.0 Å². The molecule has 43 heavy (non-hydrogen) atoms. The van der Waals surface area contributed by atoms with Crippen molar-refractivity contribution in [1.82, 2.24) is 24.6 Å². The van der Waals surface area contributed by atoms with E-state index in [2.05, 4.69) is 27.1 Å². The number of morpholine rings is 1. The number of hydrogen-bond donors (Lipinski definition) is 2. The Morgan fingerprint density at radius 2 is 1.91 bits per heavy atom. The lowest BCUT2D eigenvalue weighted by Gasteiger charge is -2.31. The Hall–Kier alpha value is -4.61. The Bertz CT molecular complexity index is 1610. The highest BCUT2D eigenvalue weighted by Gasteiger charge is 2.24. The first-order valence-electron chi connectivity index (χ1n) is 13.7. The molecule has 1 fully saturated rings. The molecule has 13 heteroatoms. The predicted octanol–water partition coefficient (Wildman–Crippen LogP) is 2.57. The quantitative estimate of drug-likeness (QED) is 0.218. The van der Waals surface area contributed by atoms with E-state index in [4.69, 9.17) is 35.2 Å². The Morgan fingerprint density at radius 3 is 2.58 bits per heavy atom. The Kier molecular flexibility index (Phi) is 9.13. The summed E-state index contributed by atoms with van der Waals surface area (Å²) in [5.74, 6) is 0.413. The lowest BCUT2D eigenvalue weighted by atomic mass is 9.81. The molecule has 1 saturated heterocycles. The van der Waals surface area contributed by atoms with Crippen LogP contribution in [-0.2, 0) is 9.53 Å². The molecule has 1 amide bonds. The van der Waals surface area contributed by atoms with Crippen molar-refractivity contribution in [2.45, 2.75) is 5.94 Å². The summed E-state index contributed by atoms with van der Waals surface area (Å²) in [4.78, 5) is 25.4. The molecule has 1 unspecified atom stereocenters. The number of amides is 1. The number of aromatic nitrogens is 4. The van der Waals surface area contributed by atoms with Crippen molar-refractivity contribution in [3.05, 3.63) is 72.9 Å². The largest absolute Gasteiger partial charge is 0.494 e. The van der Waals surface area contributed by atoms with Crippen molar-refractivity contribution in [3.63, 3.8) is 0 Å². The van der Waals surface area contributed by atoms with Crippen LogP contribution in [0.2, 0.25) is 0 Å². The molecular weight excluding hydrogens is 542 g/mol. The minimum absolute atomic E-state index is 0.269. The van der Waals surface area contributed by atoms with E-state index in [-0.39, 0.29) is 11.9 Å². The smallest absolute Gasteiger partial charge is 0.247 e. The molecule has 2 N–H and O–H groups in total. The van der Waals surface area contributed by atoms with E-state index >= 15 is 0 Å². The van der Waals surface area contributed by atoms with E-state index < -0.39 is 5.94 Å². The van der Waals surface area contributed by atoms with Gasteiger partial charge in [-0.25, -0.2) is 9.67 Å². The summed E-state index contributed by atoms with van der Waals surface area (Å²) in [5, 5.41) is 11.0. The van der Waals surface area contributed by atoms with Gasteiger partial charge < -0.3 is 29.9 Å². The normalized spacial score (nSPS) is 13.9. The number of benzene rings is 2. The molecule has 1 atom stereocenters. The summed E-state index contributed by atoms with van der Waals surface area (Å²) >= 11 is 0. The molecule has 0 spiro atoms. The lowest BCUT2D eigenvalue weighted by molar-refractivity contribution is -0.111. The molecule has 11 nitrogen and oxygen atoms in total. The molecule has 1 aliphatic heterocycles. The van der Waals surface area contributed by atoms with Crippen molar-refractivity contribution in [2.24, 2.45) is 0 Å². The first-order chi connectivity index (χ1) is 20.8. The minimum Gasteiger partial charge on any atom is -0.494 e. The maximum atomic E-state index is 12.3. The summed E-state index contributed by atoms with van der Waals surface area (Å²) in [5.41, 5.74) is 4.53. The van der Waals surface area contributed by atoms with Gasteiger partial charge in [0.15, 0.2) is 5.82 Å². The number of rotatable bonds is 10. The molecule has 4 radical (unpaired) electrons. The van der Waals surface area contributed by atoms with Gasteiger partial charge in [0.2, 0.25) is 11.9 Å². The molecule has 4 aromatic rings. The third-order valence-corrected chi connectivity index (χ3v) is 7.08. The van der Waals surface area contributed by atoms with Crippen molar-refractivity contribution >= 4 is 50.2 Å². The maximum Gasteiger partial charge on any atom is 0.247 e. The summed E-state index contributed by atoms with van der Waals surface area (Å²) in [6, 6.07) is 15.1. The molecule has 5 rings (SSSR count). The second-order valence-corrected chi connectivity index (χ2v) is 10.1. The summed E-state index contributed by atoms with van der Waals surface area (Å²) in [6.07, 6.45) is 2.83. The van der Waals surface area contributed by atoms with Gasteiger partial charge in [-0.15, -0.1) is 0 Å². The molecular formula is C30H32B2N8O3. The topological polar surface area (TPSA) is 110 Å². The average molecular weight is 574 g/mol. The van der Waals surface area contributed by atoms with E-state index in [9.17, 15) is 4.79 Å². The highest BCUT2D eigenvalue weighted by molar-refractivity contribution is 6.34. The second-order valence-electron chi connectivity index (χ2n) is 10.1. The van der Waals surface area contributed by atoms with Crippen LogP contribution >= 0.6 is 0 Å². The molecule has 0 saturated carbocycles. The Morgan fingerprint density at radius 1 is 1.16 bits per heavy atom. The van der Waals surface area contributed by atoms with Crippen molar-refractivity contribution in [3.8, 4) is 22.8 Å².